The molecule has 6 aromatic rings. The van der Waals surface area contributed by atoms with Crippen LogP contribution in [-0.4, -0.2) is 5.49 Å². The van der Waals surface area contributed by atoms with Crippen LogP contribution in [0, 0.1) is 13.8 Å². The Morgan fingerprint density at radius 1 is 0.458 bits per heavy atom. The van der Waals surface area contributed by atoms with Crippen molar-refractivity contribution in [2.45, 2.75) is 30.6 Å². The third-order valence-electron chi connectivity index (χ3n) is 11.3. The van der Waals surface area contributed by atoms with Crippen LogP contribution in [0.15, 0.2) is 158 Å². The molecule has 0 nitrogen and oxygen atoms in total. The van der Waals surface area contributed by atoms with Crippen molar-refractivity contribution in [1.29, 1.82) is 0 Å². The van der Waals surface area contributed by atoms with E-state index in [2.05, 4.69) is 193 Å². The second kappa shape index (κ2) is 12.1. The Morgan fingerprint density at radius 2 is 0.875 bits per heavy atom. The number of rotatable bonds is 6. The zero-order valence-corrected chi connectivity index (χ0v) is 32.9. The summed E-state index contributed by atoms with van der Waals surface area (Å²) in [6, 6.07) is 55.4. The molecule has 0 spiro atoms. The molecule has 2 aliphatic rings. The van der Waals surface area contributed by atoms with Crippen molar-refractivity contribution in [3.8, 4) is 22.3 Å². The van der Waals surface area contributed by atoms with Crippen LogP contribution in [-0.2, 0) is 17.1 Å². The zero-order valence-electron chi connectivity index (χ0n) is 28.3. The van der Waals surface area contributed by atoms with Crippen molar-refractivity contribution in [1.82, 2.24) is 0 Å². The third-order valence-corrected chi connectivity index (χ3v) is 60.4. The predicted octanol–water partition coefficient (Wildman–Crippen LogP) is 11.1. The topological polar surface area (TPSA) is 0 Å². The summed E-state index contributed by atoms with van der Waals surface area (Å²) >= 11 is -4.38. The molecule has 0 amide bonds. The second-order valence-corrected chi connectivity index (χ2v) is 58.2. The average molecular weight is 801 g/mol. The van der Waals surface area contributed by atoms with Gasteiger partial charge in [0.05, 0.1) is 0 Å². The van der Waals surface area contributed by atoms with Gasteiger partial charge in [-0.2, -0.15) is 0 Å². The standard InChI is InChI=1S/2C16H13.C12H10Si.2CH3.Hf/c2*1-12-5-2-8-14(11-12)16-10-4-7-13-6-3-9-15(13)16;1-3-7-11(8-4-1)13-12-9-5-2-6-10-12;;;/h2*2-11H,1H3;1-10H;2*1H3;. The van der Waals surface area contributed by atoms with Gasteiger partial charge in [-0.25, -0.2) is 0 Å². The fourth-order valence-corrected chi connectivity index (χ4v) is 62.0. The van der Waals surface area contributed by atoms with Crippen molar-refractivity contribution in [3.05, 3.63) is 191 Å². The number of aryl methyl sites for hydroxylation is 2. The molecule has 0 radical (unpaired) electrons. The van der Waals surface area contributed by atoms with E-state index in [0.29, 0.717) is 7.35 Å². The maximum atomic E-state index is 2.85. The first-order chi connectivity index (χ1) is 23.3. The molecule has 0 aromatic heterocycles. The number of allylic oxidation sites excluding steroid dienone is 2. The van der Waals surface area contributed by atoms with E-state index in [1.165, 1.54) is 55.6 Å². The van der Waals surface area contributed by atoms with Crippen LogP contribution in [0.1, 0.15) is 40.7 Å². The average Bonchev–Trinajstić information content (AvgIpc) is 3.76. The Kier molecular flexibility index (Phi) is 7.85. The normalized spacial score (nSPS) is 16.5. The summed E-state index contributed by atoms with van der Waals surface area (Å²) in [7, 11) is 0. The molecule has 0 fully saturated rings. The van der Waals surface area contributed by atoms with Crippen LogP contribution in [0.4, 0.5) is 0 Å². The van der Waals surface area contributed by atoms with E-state index < -0.39 is 22.6 Å². The Hall–Kier alpha value is -4.11. The summed E-state index contributed by atoms with van der Waals surface area (Å²) < 4.78 is 6.50. The quantitative estimate of drug-likeness (QED) is 0.147. The molecule has 0 N–H and O–H groups in total. The molecule has 0 saturated carbocycles. The molecule has 0 aliphatic heterocycles. The van der Waals surface area contributed by atoms with Crippen LogP contribution in [0.2, 0.25) is 9.36 Å². The Labute approximate surface area is 287 Å². The summed E-state index contributed by atoms with van der Waals surface area (Å²) in [6.45, 7) is 4.40. The molecule has 2 heteroatoms. The van der Waals surface area contributed by atoms with Gasteiger partial charge in [-0.1, -0.05) is 0 Å². The summed E-state index contributed by atoms with van der Waals surface area (Å²) in [5.41, 5.74) is 12.6. The SMILES string of the molecule is Cc1cccc(-c2cccc3c2C=C[CH]3[Hf]([CH3])([CH3])([CH]2C=Cc3c(-c4cccc(C)c4)cccc32)=[Si](c2ccccc2)c2ccccc2)c1. The number of hydrogen-bond acceptors (Lipinski definition) is 0. The van der Waals surface area contributed by atoms with Gasteiger partial charge in [-0.15, -0.1) is 0 Å². The molecule has 6 aromatic carbocycles. The zero-order chi connectivity index (χ0) is 32.9. The number of benzene rings is 6. The van der Waals surface area contributed by atoms with Crippen molar-refractivity contribution in [2.24, 2.45) is 0 Å². The van der Waals surface area contributed by atoms with E-state index in [1.807, 2.05) is 0 Å². The van der Waals surface area contributed by atoms with E-state index in [4.69, 9.17) is 0 Å². The molecule has 0 bridgehead atoms. The third kappa shape index (κ3) is 5.04. The maximum absolute atomic E-state index is 4.38. The second-order valence-electron chi connectivity index (χ2n) is 14.7. The van der Waals surface area contributed by atoms with Crippen molar-refractivity contribution in [3.63, 3.8) is 0 Å². The van der Waals surface area contributed by atoms with E-state index in [1.54, 1.807) is 10.4 Å². The van der Waals surface area contributed by atoms with Gasteiger partial charge in [0, 0.05) is 0 Å². The van der Waals surface area contributed by atoms with Crippen LogP contribution in [0.5, 0.6) is 0 Å². The van der Waals surface area contributed by atoms with Gasteiger partial charge in [-0.3, -0.25) is 0 Å². The van der Waals surface area contributed by atoms with Crippen molar-refractivity contribution < 1.29 is 17.1 Å². The van der Waals surface area contributed by atoms with Crippen LogP contribution < -0.4 is 10.4 Å². The van der Waals surface area contributed by atoms with Crippen molar-refractivity contribution in [2.75, 3.05) is 0 Å². The van der Waals surface area contributed by atoms with Gasteiger partial charge in [0.25, 0.3) is 0 Å². The summed E-state index contributed by atoms with van der Waals surface area (Å²) in [6.07, 6.45) is 10.3. The van der Waals surface area contributed by atoms with E-state index in [9.17, 15) is 0 Å². The molecule has 2 unspecified atom stereocenters. The molecular formula is C46H42HfSi. The molecule has 2 aliphatic carbocycles. The van der Waals surface area contributed by atoms with Gasteiger partial charge in [0.1, 0.15) is 0 Å². The van der Waals surface area contributed by atoms with Gasteiger partial charge in [0.2, 0.25) is 0 Å². The fourth-order valence-electron chi connectivity index (χ4n) is 9.14. The first-order valence-corrected chi connectivity index (χ1v) is 35.5. The summed E-state index contributed by atoms with van der Waals surface area (Å²) in [4.78, 5) is 0. The Balaban J connectivity index is 1.45. The summed E-state index contributed by atoms with van der Waals surface area (Å²) in [5.74, 6) is 0. The monoisotopic (exact) mass is 802 g/mol. The predicted molar refractivity (Wildman–Crippen MR) is 206 cm³/mol. The first kappa shape index (κ1) is 31.2. The van der Waals surface area contributed by atoms with Gasteiger partial charge < -0.3 is 0 Å². The molecule has 0 saturated heterocycles. The van der Waals surface area contributed by atoms with Crippen LogP contribution >= 0.6 is 0 Å². The minimum absolute atomic E-state index is 0.402. The molecule has 48 heavy (non-hydrogen) atoms. The number of hydrogen-bond donors (Lipinski definition) is 0. The fraction of sp³-hybridized carbons (Fsp3) is 0.130. The van der Waals surface area contributed by atoms with Crippen molar-refractivity contribution >= 4 is 28.0 Å². The van der Waals surface area contributed by atoms with Gasteiger partial charge in [0.15, 0.2) is 0 Å². The van der Waals surface area contributed by atoms with E-state index >= 15 is 0 Å². The molecule has 0 heterocycles. The first-order valence-electron chi connectivity index (χ1n) is 17.3. The Bertz CT molecular complexity index is 2160. The van der Waals surface area contributed by atoms with Crippen LogP contribution in [0.25, 0.3) is 34.4 Å². The summed E-state index contributed by atoms with van der Waals surface area (Å²) in [5, 5.41) is 3.09. The molecule has 234 valence electrons. The molecule has 2 atom stereocenters. The van der Waals surface area contributed by atoms with Gasteiger partial charge in [-0.05, 0) is 0 Å². The minimum atomic E-state index is -4.38. The van der Waals surface area contributed by atoms with E-state index in [-0.39, 0.29) is 0 Å². The molecular weight excluding hydrogens is 759 g/mol. The Morgan fingerprint density at radius 3 is 1.29 bits per heavy atom. The van der Waals surface area contributed by atoms with Crippen LogP contribution in [0.3, 0.4) is 0 Å². The molecule has 8 rings (SSSR count). The van der Waals surface area contributed by atoms with E-state index in [0.717, 1.165) is 0 Å². The number of fused-ring (bicyclic) bond motifs is 2. The van der Waals surface area contributed by atoms with Gasteiger partial charge >= 0.3 is 289 Å².